The van der Waals surface area contributed by atoms with Gasteiger partial charge in [0.25, 0.3) is 0 Å². The van der Waals surface area contributed by atoms with Crippen LogP contribution in [-0.2, 0) is 0 Å². The van der Waals surface area contributed by atoms with Gasteiger partial charge in [-0.05, 0) is 0 Å². The SMILES string of the molecule is CCCCC(CC)[CH2][Sn]([I])([I])[CH2]C(CC)CCCC. The normalized spacial score (nSPS) is 15.5. The Hall–Kier alpha value is 2.26. The summed E-state index contributed by atoms with van der Waals surface area (Å²) >= 11 is 5.91. The van der Waals surface area contributed by atoms with Gasteiger partial charge in [-0.25, -0.2) is 0 Å². The van der Waals surface area contributed by atoms with Crippen molar-refractivity contribution in [2.75, 3.05) is 0 Å². The molecule has 0 fully saturated rings. The van der Waals surface area contributed by atoms with Gasteiger partial charge in [-0.2, -0.15) is 0 Å². The van der Waals surface area contributed by atoms with Crippen molar-refractivity contribution < 1.29 is 0 Å². The van der Waals surface area contributed by atoms with E-state index in [9.17, 15) is 0 Å². The third-order valence-corrected chi connectivity index (χ3v) is 22.8. The predicted octanol–water partition coefficient (Wildman–Crippen LogP) is 7.73. The Kier molecular flexibility index (Phi) is 14.3. The molecule has 116 valence electrons. The average Bonchev–Trinajstić information content (AvgIpc) is 2.39. The zero-order valence-electron chi connectivity index (χ0n) is 13.5. The van der Waals surface area contributed by atoms with Crippen molar-refractivity contribution in [3.8, 4) is 0 Å². The van der Waals surface area contributed by atoms with Crippen LogP contribution in [0, 0.1) is 11.8 Å². The third kappa shape index (κ3) is 11.5. The fraction of sp³-hybridized carbons (Fsp3) is 1.00. The van der Waals surface area contributed by atoms with Crippen LogP contribution in [0.3, 0.4) is 0 Å². The van der Waals surface area contributed by atoms with E-state index in [1.165, 1.54) is 51.4 Å². The van der Waals surface area contributed by atoms with Gasteiger partial charge in [-0.1, -0.05) is 0 Å². The molecule has 0 spiro atoms. The van der Waals surface area contributed by atoms with Crippen LogP contribution in [0.4, 0.5) is 0 Å². The van der Waals surface area contributed by atoms with Gasteiger partial charge in [0.05, 0.1) is 0 Å². The molecule has 0 amide bonds. The van der Waals surface area contributed by atoms with Gasteiger partial charge in [0, 0.05) is 0 Å². The zero-order valence-corrected chi connectivity index (χ0v) is 20.7. The molecule has 0 aliphatic heterocycles. The average molecular weight is 599 g/mol. The molecule has 0 rings (SSSR count). The number of rotatable bonds is 12. The summed E-state index contributed by atoms with van der Waals surface area (Å²) in [6.07, 6.45) is 11.4. The maximum absolute atomic E-state index is 2.95. The molecule has 0 saturated heterocycles. The molecular formula is C16H34I2Sn. The molecule has 3 heteroatoms. The Balaban J connectivity index is 4.24. The molecule has 19 heavy (non-hydrogen) atoms. The van der Waals surface area contributed by atoms with Gasteiger partial charge >= 0.3 is 147 Å². The first-order valence-electron chi connectivity index (χ1n) is 8.36. The quantitative estimate of drug-likeness (QED) is 0.159. The van der Waals surface area contributed by atoms with Crippen molar-refractivity contribution >= 4 is 47.7 Å². The minimum atomic E-state index is -1.81. The first kappa shape index (κ1) is 21.3. The summed E-state index contributed by atoms with van der Waals surface area (Å²) in [6.45, 7) is 9.47. The molecule has 0 aromatic rings. The Morgan fingerprint density at radius 2 is 1.11 bits per heavy atom. The fourth-order valence-corrected chi connectivity index (χ4v) is 27.6. The summed E-state index contributed by atoms with van der Waals surface area (Å²) in [5.74, 6) is 2.07. The van der Waals surface area contributed by atoms with Crippen molar-refractivity contribution in [2.24, 2.45) is 11.8 Å². The van der Waals surface area contributed by atoms with Crippen molar-refractivity contribution in [1.29, 1.82) is 0 Å². The Labute approximate surface area is 145 Å². The van der Waals surface area contributed by atoms with Crippen LogP contribution in [0.2, 0.25) is 8.87 Å². The van der Waals surface area contributed by atoms with Crippen LogP contribution < -0.4 is 0 Å². The van der Waals surface area contributed by atoms with Gasteiger partial charge in [0.15, 0.2) is 0 Å². The molecule has 0 aliphatic rings. The summed E-state index contributed by atoms with van der Waals surface area (Å²) in [4.78, 5) is 0. The zero-order chi connectivity index (χ0) is 14.7. The summed E-state index contributed by atoms with van der Waals surface area (Å²) in [7, 11) is -1.81. The molecule has 0 nitrogen and oxygen atoms in total. The second kappa shape index (κ2) is 12.8. The third-order valence-electron chi connectivity index (χ3n) is 4.26. The summed E-state index contributed by atoms with van der Waals surface area (Å²) in [5, 5.41) is 0. The van der Waals surface area contributed by atoms with Gasteiger partial charge in [0.1, 0.15) is 0 Å². The van der Waals surface area contributed by atoms with E-state index in [1.54, 1.807) is 8.87 Å². The van der Waals surface area contributed by atoms with E-state index in [0.717, 1.165) is 11.8 Å². The van der Waals surface area contributed by atoms with Crippen molar-refractivity contribution in [1.82, 2.24) is 0 Å². The van der Waals surface area contributed by atoms with Crippen LogP contribution in [0.1, 0.15) is 79.1 Å². The van der Waals surface area contributed by atoms with E-state index in [-0.39, 0.29) is 0 Å². The first-order valence-corrected chi connectivity index (χ1v) is 29.0. The van der Waals surface area contributed by atoms with Crippen molar-refractivity contribution in [2.45, 2.75) is 87.9 Å². The van der Waals surface area contributed by atoms with E-state index in [1.807, 2.05) is 0 Å². The Bertz CT molecular complexity index is 187. The maximum atomic E-state index is 2.95. The number of unbranched alkanes of at least 4 members (excludes halogenated alkanes) is 2. The molecule has 0 heterocycles. The number of hydrogen-bond acceptors (Lipinski definition) is 0. The molecule has 0 aromatic carbocycles. The van der Waals surface area contributed by atoms with E-state index < -0.39 is 10.4 Å². The minimum absolute atomic E-state index is 1.04. The Morgan fingerprint density at radius 3 is 1.37 bits per heavy atom. The fourth-order valence-electron chi connectivity index (χ4n) is 2.81. The molecule has 0 aromatic heterocycles. The number of hydrogen-bond donors (Lipinski definition) is 0. The Morgan fingerprint density at radius 1 is 0.737 bits per heavy atom. The molecular weight excluding hydrogens is 565 g/mol. The summed E-state index contributed by atoms with van der Waals surface area (Å²) < 4.78 is 3.24. The summed E-state index contributed by atoms with van der Waals surface area (Å²) in [6, 6.07) is 0. The van der Waals surface area contributed by atoms with E-state index in [4.69, 9.17) is 0 Å². The first-order chi connectivity index (χ1) is 8.99. The standard InChI is InChI=1S/2C8H17.2HI.Sn/c2*1-4-6-7-8(3)5-2;;;/h2*8H,3-7H2,1-2H3;2*1H;/q;;;;+2/p-2. The van der Waals surface area contributed by atoms with Gasteiger partial charge in [-0.15, -0.1) is 0 Å². The van der Waals surface area contributed by atoms with Crippen LogP contribution >= 0.6 is 37.3 Å². The van der Waals surface area contributed by atoms with Gasteiger partial charge in [-0.3, -0.25) is 0 Å². The van der Waals surface area contributed by atoms with E-state index in [0.29, 0.717) is 0 Å². The van der Waals surface area contributed by atoms with E-state index in [2.05, 4.69) is 65.0 Å². The molecule has 2 unspecified atom stereocenters. The van der Waals surface area contributed by atoms with Crippen LogP contribution in [0.15, 0.2) is 0 Å². The van der Waals surface area contributed by atoms with Crippen molar-refractivity contribution in [3.63, 3.8) is 0 Å². The van der Waals surface area contributed by atoms with Crippen molar-refractivity contribution in [3.05, 3.63) is 0 Å². The second-order valence-corrected chi connectivity index (χ2v) is 54.9. The molecule has 2 atom stereocenters. The number of halogens is 2. The molecule has 0 aliphatic carbocycles. The van der Waals surface area contributed by atoms with Crippen LogP contribution in [-0.4, -0.2) is 10.4 Å². The van der Waals surface area contributed by atoms with Gasteiger partial charge in [0.2, 0.25) is 0 Å². The topological polar surface area (TPSA) is 0 Å². The van der Waals surface area contributed by atoms with Crippen LogP contribution in [0.25, 0.3) is 0 Å². The van der Waals surface area contributed by atoms with E-state index >= 15 is 0 Å². The van der Waals surface area contributed by atoms with Gasteiger partial charge < -0.3 is 0 Å². The summed E-state index contributed by atoms with van der Waals surface area (Å²) in [5.41, 5.74) is 0. The molecule has 0 radical (unpaired) electrons. The second-order valence-electron chi connectivity index (χ2n) is 6.10. The molecule has 0 N–H and O–H groups in total. The predicted molar refractivity (Wildman–Crippen MR) is 110 cm³/mol. The molecule has 0 saturated carbocycles. The monoisotopic (exact) mass is 600 g/mol. The molecule has 0 bridgehead atoms. The van der Waals surface area contributed by atoms with Crippen LogP contribution in [0.5, 0.6) is 0 Å².